The predicted molar refractivity (Wildman–Crippen MR) is 281 cm³/mol. The molecule has 0 rings (SSSR count). The Morgan fingerprint density at radius 2 is 0.809 bits per heavy atom. The molecule has 0 fully saturated rings. The smallest absolute Gasteiger partial charge is 0.472 e. The Labute approximate surface area is 411 Å². The van der Waals surface area contributed by atoms with E-state index in [-0.39, 0.29) is 12.8 Å². The summed E-state index contributed by atoms with van der Waals surface area (Å²) in [5, 5.41) is 21.9. The number of aliphatic carboxylic acids is 1. The highest BCUT2D eigenvalue weighted by molar-refractivity contribution is 7.47. The minimum Gasteiger partial charge on any atom is -0.480 e. The predicted octanol–water partition coefficient (Wildman–Crippen LogP) is 14.1. The second-order valence-electron chi connectivity index (χ2n) is 16.2. The number of nitrogens with one attached hydrogen (secondary N) is 1. The van der Waals surface area contributed by atoms with Crippen molar-refractivity contribution in [2.45, 2.75) is 180 Å². The van der Waals surface area contributed by atoms with Gasteiger partial charge in [0.05, 0.1) is 13.2 Å². The van der Waals surface area contributed by atoms with Crippen LogP contribution >= 0.6 is 7.82 Å². The fourth-order valence-corrected chi connectivity index (χ4v) is 6.88. The lowest BCUT2D eigenvalue weighted by Crippen LogP contribution is -2.43. The van der Waals surface area contributed by atoms with Crippen LogP contribution in [0.25, 0.3) is 0 Å². The molecule has 0 aliphatic carbocycles. The van der Waals surface area contributed by atoms with Crippen LogP contribution in [-0.2, 0) is 32.7 Å². The fraction of sp³-hybridized carbons (Fsp3) is 0.554. The molecule has 0 aromatic carbocycles. The first-order valence-electron chi connectivity index (χ1n) is 25.2. The van der Waals surface area contributed by atoms with Crippen LogP contribution in [0.4, 0.5) is 0 Å². The van der Waals surface area contributed by atoms with Crippen LogP contribution in [-0.4, -0.2) is 64.9 Å². The Hall–Kier alpha value is -4.38. The van der Waals surface area contributed by atoms with E-state index in [1.165, 1.54) is 0 Å². The molecule has 0 radical (unpaired) electrons. The van der Waals surface area contributed by atoms with Crippen LogP contribution in [0.1, 0.15) is 168 Å². The molecule has 3 atom stereocenters. The molecule has 0 aliphatic heterocycles. The van der Waals surface area contributed by atoms with Crippen molar-refractivity contribution in [2.75, 3.05) is 19.8 Å². The Balaban J connectivity index is 3.96. The van der Waals surface area contributed by atoms with Gasteiger partial charge in [0, 0.05) is 12.8 Å². The number of hydrogen-bond acceptors (Lipinski definition) is 8. The minimum absolute atomic E-state index is 0.121. The maximum absolute atomic E-state index is 12.4. The summed E-state index contributed by atoms with van der Waals surface area (Å²) >= 11 is 0. The van der Waals surface area contributed by atoms with Gasteiger partial charge in [0.25, 0.3) is 0 Å². The molecule has 1 amide bonds. The average Bonchev–Trinajstić information content (AvgIpc) is 3.32. The molecular weight excluding hydrogens is 878 g/mol. The normalized spacial score (nSPS) is 14.6. The lowest BCUT2D eigenvalue weighted by Gasteiger charge is -2.18. The van der Waals surface area contributed by atoms with Gasteiger partial charge in [-0.25, -0.2) is 9.36 Å². The van der Waals surface area contributed by atoms with Crippen LogP contribution < -0.4 is 5.32 Å². The monoisotopic (exact) mass is 966 g/mol. The molecule has 0 aliphatic rings. The highest BCUT2D eigenvalue weighted by Gasteiger charge is 2.28. The van der Waals surface area contributed by atoms with Gasteiger partial charge in [-0.2, -0.15) is 0 Å². The SMILES string of the molecule is CC/C=C\C/C=C\C/C=C\C/C=C\C/C=C\C/C=C\CCCCC(=O)OCC(O)COP(=O)(O)OCC(NC(=O)CCCCCCCCC/C=C\C/C=C\C/C=C\C/C=C\C/C=C\CC)C(=O)O. The summed E-state index contributed by atoms with van der Waals surface area (Å²) in [4.78, 5) is 46.1. The standard InChI is InChI=1S/C56H88NO10P/c1-3-5-7-9-11-13-15-17-19-21-23-25-26-28-29-31-33-35-37-39-41-43-45-47-54(59)57-53(56(61)62)51-67-68(63,64)66-50-52(58)49-65-55(60)48-46-44-42-40-38-36-34-32-30-27-24-22-20-18-16-14-12-10-8-6-4-2/h5-8,11-14,17-20,23-25,27-29,32,34,38,40,52-53,58H,3-4,9-10,15-16,21-22,26,30-31,33,35-37,39,41-51H2,1-2H3,(H,57,59)(H,61,62)(H,63,64)/b7-5-,8-6-,13-11-,14-12-,19-17-,20-18-,25-23-,27-24-,29-28-,34-32-,40-38-. The number of carbonyl (C=O) groups is 3. The number of unbranched alkanes of at least 4 members (excludes halogenated alkanes) is 9. The van der Waals surface area contributed by atoms with Crippen LogP contribution in [0.15, 0.2) is 134 Å². The van der Waals surface area contributed by atoms with Crippen molar-refractivity contribution >= 4 is 25.7 Å². The Morgan fingerprint density at radius 1 is 0.471 bits per heavy atom. The number of aliphatic hydroxyl groups is 1. The summed E-state index contributed by atoms with van der Waals surface area (Å²) in [5.41, 5.74) is 0. The van der Waals surface area contributed by atoms with Crippen molar-refractivity contribution in [3.05, 3.63) is 134 Å². The third-order valence-corrected chi connectivity index (χ3v) is 10.9. The van der Waals surface area contributed by atoms with Crippen molar-refractivity contribution in [3.63, 3.8) is 0 Å². The Kier molecular flexibility index (Phi) is 45.9. The number of allylic oxidation sites excluding steroid dienone is 22. The molecule has 0 saturated heterocycles. The van der Waals surface area contributed by atoms with Crippen LogP contribution in [0.2, 0.25) is 0 Å². The van der Waals surface area contributed by atoms with E-state index in [1.807, 2.05) is 0 Å². The zero-order chi connectivity index (χ0) is 49.9. The van der Waals surface area contributed by atoms with Crippen LogP contribution in [0, 0.1) is 0 Å². The first-order valence-corrected chi connectivity index (χ1v) is 26.7. The van der Waals surface area contributed by atoms with E-state index in [2.05, 4.69) is 153 Å². The van der Waals surface area contributed by atoms with Gasteiger partial charge >= 0.3 is 19.8 Å². The van der Waals surface area contributed by atoms with Crippen LogP contribution in [0.5, 0.6) is 0 Å². The molecule has 0 aromatic rings. The second kappa shape index (κ2) is 49.1. The van der Waals surface area contributed by atoms with Crippen LogP contribution in [0.3, 0.4) is 0 Å². The molecule has 0 saturated carbocycles. The highest BCUT2D eigenvalue weighted by atomic mass is 31.2. The number of hydrogen-bond donors (Lipinski definition) is 4. The quantitative estimate of drug-likeness (QED) is 0.0199. The maximum atomic E-state index is 12.4. The van der Waals surface area contributed by atoms with E-state index < -0.39 is 57.6 Å². The number of amides is 1. The summed E-state index contributed by atoms with van der Waals surface area (Å²) in [6.07, 6.45) is 67.5. The molecule has 0 aromatic heterocycles. The van der Waals surface area contributed by atoms with Crippen molar-refractivity contribution in [2.24, 2.45) is 0 Å². The number of carboxylic acid groups (broad SMARTS) is 1. The van der Waals surface area contributed by atoms with Crippen molar-refractivity contribution in [1.29, 1.82) is 0 Å². The van der Waals surface area contributed by atoms with Gasteiger partial charge in [0.15, 0.2) is 6.04 Å². The molecule has 3 unspecified atom stereocenters. The van der Waals surface area contributed by atoms with Gasteiger partial charge < -0.3 is 25.2 Å². The number of aliphatic hydroxyl groups excluding tert-OH is 1. The lowest BCUT2D eigenvalue weighted by molar-refractivity contribution is -0.147. The summed E-state index contributed by atoms with van der Waals surface area (Å²) in [6.45, 7) is 2.31. The third-order valence-electron chi connectivity index (χ3n) is 9.93. The van der Waals surface area contributed by atoms with Gasteiger partial charge in [-0.1, -0.05) is 180 Å². The highest BCUT2D eigenvalue weighted by Crippen LogP contribution is 2.43. The van der Waals surface area contributed by atoms with Gasteiger partial charge in [0.1, 0.15) is 12.7 Å². The first-order chi connectivity index (χ1) is 33.1. The van der Waals surface area contributed by atoms with Gasteiger partial charge in [-0.05, 0) is 109 Å². The van der Waals surface area contributed by atoms with E-state index in [4.69, 9.17) is 13.8 Å². The van der Waals surface area contributed by atoms with Crippen molar-refractivity contribution < 1.29 is 47.8 Å². The number of carbonyl (C=O) groups excluding carboxylic acids is 2. The number of carboxylic acids is 1. The summed E-state index contributed by atoms with van der Waals surface area (Å²) in [7, 11) is -4.79. The van der Waals surface area contributed by atoms with Gasteiger partial charge in [0.2, 0.25) is 5.91 Å². The largest absolute Gasteiger partial charge is 0.480 e. The van der Waals surface area contributed by atoms with E-state index >= 15 is 0 Å². The zero-order valence-corrected chi connectivity index (χ0v) is 42.5. The van der Waals surface area contributed by atoms with E-state index in [0.717, 1.165) is 128 Å². The topological polar surface area (TPSA) is 169 Å². The van der Waals surface area contributed by atoms with Crippen molar-refractivity contribution in [3.8, 4) is 0 Å². The average molecular weight is 966 g/mol. The molecule has 68 heavy (non-hydrogen) atoms. The summed E-state index contributed by atoms with van der Waals surface area (Å²) in [5.74, 6) is -2.45. The lowest BCUT2D eigenvalue weighted by atomic mass is 10.1. The van der Waals surface area contributed by atoms with E-state index in [0.29, 0.717) is 12.8 Å². The minimum atomic E-state index is -4.79. The summed E-state index contributed by atoms with van der Waals surface area (Å²) in [6, 6.07) is -1.57. The van der Waals surface area contributed by atoms with E-state index in [9.17, 15) is 34.1 Å². The Morgan fingerprint density at radius 3 is 1.22 bits per heavy atom. The molecule has 12 heteroatoms. The molecule has 0 bridgehead atoms. The fourth-order valence-electron chi connectivity index (χ4n) is 6.11. The Bertz CT molecular complexity index is 1650. The molecule has 0 spiro atoms. The first kappa shape index (κ1) is 63.6. The number of phosphoric acid groups is 1. The number of ether oxygens (including phenoxy) is 1. The number of rotatable bonds is 45. The maximum Gasteiger partial charge on any atom is 0.472 e. The van der Waals surface area contributed by atoms with Gasteiger partial charge in [-0.3, -0.25) is 18.6 Å². The zero-order valence-electron chi connectivity index (χ0n) is 41.6. The molecule has 0 heterocycles. The molecule has 382 valence electrons. The molecule has 11 nitrogen and oxygen atoms in total. The van der Waals surface area contributed by atoms with Crippen molar-refractivity contribution in [1.82, 2.24) is 5.32 Å². The molecular formula is C56H88NO10P. The second-order valence-corrected chi connectivity index (χ2v) is 17.7. The number of phosphoric ester groups is 1. The van der Waals surface area contributed by atoms with Gasteiger partial charge in [-0.15, -0.1) is 0 Å². The summed E-state index contributed by atoms with van der Waals surface area (Å²) < 4.78 is 26.9. The number of esters is 1. The third kappa shape index (κ3) is 48.1. The van der Waals surface area contributed by atoms with E-state index in [1.54, 1.807) is 0 Å². The molecule has 4 N–H and O–H groups in total.